The van der Waals surface area contributed by atoms with Crippen LogP contribution in [0, 0.1) is 5.92 Å². The molecule has 0 saturated carbocycles. The lowest BCUT2D eigenvalue weighted by Gasteiger charge is -2.30. The molecule has 1 heterocycles. The Morgan fingerprint density at radius 3 is 3.00 bits per heavy atom. The minimum atomic E-state index is 0.247. The van der Waals surface area contributed by atoms with E-state index in [1.54, 1.807) is 0 Å². The first-order valence-corrected chi connectivity index (χ1v) is 3.96. The molecule has 0 aromatic rings. The minimum Gasteiger partial charge on any atom is -0.408 e. The summed E-state index contributed by atoms with van der Waals surface area (Å²) in [5, 5.41) is 11.4. The van der Waals surface area contributed by atoms with Crippen LogP contribution in [0.2, 0.25) is 0 Å². The Bertz CT molecular complexity index is 158. The van der Waals surface area contributed by atoms with E-state index in [4.69, 9.17) is 10.9 Å². The Morgan fingerprint density at radius 2 is 2.45 bits per heavy atom. The fraction of sp³-hybridized carbons (Fsp3) is 0.857. The van der Waals surface area contributed by atoms with E-state index in [-0.39, 0.29) is 5.96 Å². The highest BCUT2D eigenvalue weighted by Gasteiger charge is 2.17. The maximum Gasteiger partial charge on any atom is 0.233 e. The van der Waals surface area contributed by atoms with Gasteiger partial charge in [-0.15, -0.1) is 0 Å². The summed E-state index contributed by atoms with van der Waals surface area (Å²) >= 11 is 0. The van der Waals surface area contributed by atoms with Crippen LogP contribution in [0.5, 0.6) is 0 Å². The van der Waals surface area contributed by atoms with Crippen molar-refractivity contribution in [2.45, 2.75) is 19.8 Å². The summed E-state index contributed by atoms with van der Waals surface area (Å²) in [5.74, 6) is 0.903. The number of nitrogens with two attached hydrogens (primary N) is 1. The molecule has 0 aromatic heterocycles. The maximum atomic E-state index is 8.39. The zero-order valence-corrected chi connectivity index (χ0v) is 6.82. The molecule has 0 amide bonds. The summed E-state index contributed by atoms with van der Waals surface area (Å²) in [6.07, 6.45) is 2.38. The molecule has 11 heavy (non-hydrogen) atoms. The van der Waals surface area contributed by atoms with Gasteiger partial charge >= 0.3 is 0 Å². The fourth-order valence-corrected chi connectivity index (χ4v) is 1.46. The lowest BCUT2D eigenvalue weighted by Crippen LogP contribution is -2.43. The Morgan fingerprint density at radius 1 is 1.73 bits per heavy atom. The van der Waals surface area contributed by atoms with Crippen LogP contribution in [0.3, 0.4) is 0 Å². The zero-order chi connectivity index (χ0) is 8.27. The van der Waals surface area contributed by atoms with Crippen LogP contribution in [0.4, 0.5) is 0 Å². The van der Waals surface area contributed by atoms with Crippen molar-refractivity contribution in [3.8, 4) is 0 Å². The molecule has 4 nitrogen and oxygen atoms in total. The number of rotatable bonds is 0. The molecule has 0 bridgehead atoms. The number of hydrogen-bond donors (Lipinski definition) is 2. The van der Waals surface area contributed by atoms with Gasteiger partial charge in [-0.2, -0.15) is 0 Å². The molecule has 0 aliphatic carbocycles. The van der Waals surface area contributed by atoms with Crippen molar-refractivity contribution >= 4 is 5.96 Å². The van der Waals surface area contributed by atoms with Gasteiger partial charge in [0.2, 0.25) is 5.96 Å². The quantitative estimate of drug-likeness (QED) is 0.232. The highest BCUT2D eigenvalue weighted by Crippen LogP contribution is 2.14. The average molecular weight is 157 g/mol. The van der Waals surface area contributed by atoms with Gasteiger partial charge in [-0.3, -0.25) is 0 Å². The molecule has 1 aliphatic rings. The van der Waals surface area contributed by atoms with Gasteiger partial charge in [0.15, 0.2) is 0 Å². The van der Waals surface area contributed by atoms with Crippen LogP contribution in [-0.4, -0.2) is 29.2 Å². The maximum absolute atomic E-state index is 8.39. The number of nitrogens with zero attached hydrogens (tertiary/aromatic N) is 2. The topological polar surface area (TPSA) is 61.8 Å². The van der Waals surface area contributed by atoms with Crippen LogP contribution in [0.1, 0.15) is 19.8 Å². The molecule has 1 unspecified atom stereocenters. The summed E-state index contributed by atoms with van der Waals surface area (Å²) in [4.78, 5) is 1.91. The molecule has 1 atom stereocenters. The normalized spacial score (nSPS) is 27.2. The largest absolute Gasteiger partial charge is 0.408 e. The van der Waals surface area contributed by atoms with Gasteiger partial charge in [-0.1, -0.05) is 12.1 Å². The lowest BCUT2D eigenvalue weighted by atomic mass is 10.0. The standard InChI is InChI=1S/C7H15N3O/c1-6-3-2-4-10(5-6)7(8)9-11/h6,11H,2-5H2,1H3,(H2,8,9). The van der Waals surface area contributed by atoms with Gasteiger partial charge in [0, 0.05) is 13.1 Å². The average Bonchev–Trinajstić information content (AvgIpc) is 2.03. The van der Waals surface area contributed by atoms with Crippen molar-refractivity contribution in [1.82, 2.24) is 4.90 Å². The third-order valence-corrected chi connectivity index (χ3v) is 2.08. The summed E-state index contributed by atoms with van der Waals surface area (Å²) in [7, 11) is 0. The summed E-state index contributed by atoms with van der Waals surface area (Å²) < 4.78 is 0. The van der Waals surface area contributed by atoms with E-state index in [9.17, 15) is 0 Å². The SMILES string of the molecule is CC1CCCN(C(N)=NO)C1. The van der Waals surface area contributed by atoms with E-state index in [1.165, 1.54) is 6.42 Å². The number of piperidine rings is 1. The summed E-state index contributed by atoms with van der Waals surface area (Å²) in [6, 6.07) is 0. The molecular formula is C7H15N3O. The number of likely N-dealkylation sites (tertiary alicyclic amines) is 1. The first kappa shape index (κ1) is 8.17. The molecule has 0 spiro atoms. The van der Waals surface area contributed by atoms with Gasteiger partial charge in [-0.05, 0) is 18.8 Å². The summed E-state index contributed by atoms with van der Waals surface area (Å²) in [6.45, 7) is 4.01. The highest BCUT2D eigenvalue weighted by atomic mass is 16.4. The third-order valence-electron chi connectivity index (χ3n) is 2.08. The second-order valence-electron chi connectivity index (χ2n) is 3.15. The van der Waals surface area contributed by atoms with E-state index in [0.29, 0.717) is 5.92 Å². The second kappa shape index (κ2) is 3.46. The van der Waals surface area contributed by atoms with Crippen LogP contribution in [-0.2, 0) is 0 Å². The number of hydrogen-bond acceptors (Lipinski definition) is 2. The Hall–Kier alpha value is -0.930. The van der Waals surface area contributed by atoms with Crippen LogP contribution >= 0.6 is 0 Å². The first-order chi connectivity index (χ1) is 5.24. The highest BCUT2D eigenvalue weighted by molar-refractivity contribution is 5.77. The predicted octanol–water partition coefficient (Wildman–Crippen LogP) is 0.422. The van der Waals surface area contributed by atoms with Crippen molar-refractivity contribution < 1.29 is 5.21 Å². The van der Waals surface area contributed by atoms with Gasteiger partial charge in [0.1, 0.15) is 0 Å². The molecule has 4 heteroatoms. The Labute approximate surface area is 66.7 Å². The lowest BCUT2D eigenvalue weighted by molar-refractivity contribution is 0.249. The number of oxime groups is 1. The van der Waals surface area contributed by atoms with Gasteiger partial charge < -0.3 is 15.8 Å². The van der Waals surface area contributed by atoms with Crippen molar-refractivity contribution in [2.24, 2.45) is 16.8 Å². The van der Waals surface area contributed by atoms with Crippen molar-refractivity contribution in [3.05, 3.63) is 0 Å². The second-order valence-corrected chi connectivity index (χ2v) is 3.15. The molecule has 1 rings (SSSR count). The first-order valence-electron chi connectivity index (χ1n) is 3.96. The van der Waals surface area contributed by atoms with Gasteiger partial charge in [-0.25, -0.2) is 0 Å². The monoisotopic (exact) mass is 157 g/mol. The predicted molar refractivity (Wildman–Crippen MR) is 43.4 cm³/mol. The van der Waals surface area contributed by atoms with Gasteiger partial charge in [0.05, 0.1) is 0 Å². The molecule has 0 radical (unpaired) electrons. The molecule has 1 saturated heterocycles. The van der Waals surface area contributed by atoms with E-state index in [1.807, 2.05) is 4.90 Å². The molecule has 0 aromatic carbocycles. The summed E-state index contributed by atoms with van der Waals surface area (Å²) in [5.41, 5.74) is 5.44. The van der Waals surface area contributed by atoms with Crippen molar-refractivity contribution in [1.29, 1.82) is 0 Å². The smallest absolute Gasteiger partial charge is 0.233 e. The zero-order valence-electron chi connectivity index (χ0n) is 6.82. The van der Waals surface area contributed by atoms with E-state index in [2.05, 4.69) is 12.1 Å². The molecule has 1 fully saturated rings. The van der Waals surface area contributed by atoms with Crippen LogP contribution < -0.4 is 5.73 Å². The van der Waals surface area contributed by atoms with Crippen LogP contribution in [0.15, 0.2) is 5.16 Å². The van der Waals surface area contributed by atoms with Gasteiger partial charge in [0.25, 0.3) is 0 Å². The number of guanidine groups is 1. The van der Waals surface area contributed by atoms with E-state index < -0.39 is 0 Å². The van der Waals surface area contributed by atoms with Crippen molar-refractivity contribution in [2.75, 3.05) is 13.1 Å². The molecule has 3 N–H and O–H groups in total. The van der Waals surface area contributed by atoms with E-state index >= 15 is 0 Å². The fourth-order valence-electron chi connectivity index (χ4n) is 1.46. The van der Waals surface area contributed by atoms with Crippen molar-refractivity contribution in [3.63, 3.8) is 0 Å². The Kier molecular flexibility index (Phi) is 2.57. The molecule has 64 valence electrons. The van der Waals surface area contributed by atoms with Crippen LogP contribution in [0.25, 0.3) is 0 Å². The minimum absolute atomic E-state index is 0.247. The Balaban J connectivity index is 2.46. The molecule has 1 aliphatic heterocycles. The molecular weight excluding hydrogens is 142 g/mol. The third kappa shape index (κ3) is 2.00. The van der Waals surface area contributed by atoms with E-state index in [0.717, 1.165) is 19.5 Å².